The fourth-order valence-corrected chi connectivity index (χ4v) is 9.40. The van der Waals surface area contributed by atoms with E-state index in [-0.39, 0.29) is 31.5 Å². The number of ether oxygens (including phenoxy) is 4. The lowest BCUT2D eigenvalue weighted by Crippen LogP contribution is -2.45. The number of aromatic nitrogens is 2. The molecular weight excluding hydrogens is 835 g/mol. The molecule has 0 amide bonds. The predicted octanol–water partition coefficient (Wildman–Crippen LogP) is 8.92. The number of nitriles is 1. The van der Waals surface area contributed by atoms with Crippen LogP contribution in [-0.2, 0) is 24.1 Å². The first-order chi connectivity index (χ1) is 28.5. The minimum atomic E-state index is -1.73. The van der Waals surface area contributed by atoms with Gasteiger partial charge in [-0.05, 0) is 88.4 Å². The van der Waals surface area contributed by atoms with Gasteiger partial charge >= 0.3 is 5.69 Å². The number of hydrogen-bond donors (Lipinski definition) is 1. The van der Waals surface area contributed by atoms with E-state index in [4.69, 9.17) is 28.0 Å². The lowest BCUT2D eigenvalue weighted by atomic mass is 9.79. The number of aromatic amines is 1. The second-order valence-corrected chi connectivity index (χ2v) is 17.0. The van der Waals surface area contributed by atoms with Gasteiger partial charge in [0.2, 0.25) is 0 Å². The monoisotopic (exact) mass is 890 g/mol. The standard InChI is InChI=1S/C45H56BrN4O8P/c1-31(2)50(32(3)4)59(55-28-14-27-47)58-40-29-41(49-30-33(5)43(51)48-44(49)52)56-42(40)39(17-12-9-13-26-46)57-45(34-15-10-8-11-16-34,35-18-22-37(53-6)23-19-35)36-20-24-38(54-7)25-21-36/h8-12,15-16,18-25,30-32,39-42H,13-14,17,26,28-29H2,1-7H3,(H,48,51,52)/b12-9+/t39-,40-,41+,42+,59?/m0/s1. The molecule has 0 aliphatic carbocycles. The van der Waals surface area contributed by atoms with Crippen LogP contribution < -0.4 is 20.7 Å². The molecule has 1 aliphatic rings. The topological polar surface area (TPSA) is 137 Å². The third-order valence-corrected chi connectivity index (χ3v) is 12.8. The second kappa shape index (κ2) is 21.9. The van der Waals surface area contributed by atoms with Crippen molar-refractivity contribution in [3.05, 3.63) is 140 Å². The average molecular weight is 892 g/mol. The molecule has 1 saturated heterocycles. The summed E-state index contributed by atoms with van der Waals surface area (Å²) in [5.41, 5.74) is 0.673. The summed E-state index contributed by atoms with van der Waals surface area (Å²) in [5, 5.41) is 10.2. The Bertz CT molecular complexity index is 2050. The summed E-state index contributed by atoms with van der Waals surface area (Å²) >= 11 is 3.56. The number of hydrogen-bond acceptors (Lipinski definition) is 10. The van der Waals surface area contributed by atoms with E-state index in [2.05, 4.69) is 71.5 Å². The Labute approximate surface area is 357 Å². The van der Waals surface area contributed by atoms with Crippen LogP contribution in [0.5, 0.6) is 11.5 Å². The normalized spacial score (nSPS) is 18.1. The summed E-state index contributed by atoms with van der Waals surface area (Å²) in [6.45, 7) is 10.2. The van der Waals surface area contributed by atoms with Crippen molar-refractivity contribution < 1.29 is 28.0 Å². The van der Waals surface area contributed by atoms with E-state index in [9.17, 15) is 14.9 Å². The number of nitrogens with one attached hydrogen (secondary N) is 1. The van der Waals surface area contributed by atoms with Crippen LogP contribution in [0.2, 0.25) is 0 Å². The lowest BCUT2D eigenvalue weighted by Gasteiger charge is -2.42. The van der Waals surface area contributed by atoms with Crippen LogP contribution >= 0.6 is 24.5 Å². The number of methoxy groups -OCH3 is 2. The molecule has 3 aromatic carbocycles. The zero-order valence-electron chi connectivity index (χ0n) is 34.9. The highest BCUT2D eigenvalue weighted by atomic mass is 79.9. The maximum atomic E-state index is 13.4. The molecule has 2 heterocycles. The predicted molar refractivity (Wildman–Crippen MR) is 234 cm³/mol. The van der Waals surface area contributed by atoms with E-state index in [1.807, 2.05) is 78.9 Å². The van der Waals surface area contributed by atoms with Crippen molar-refractivity contribution in [2.45, 2.75) is 103 Å². The number of alkyl halides is 1. The Morgan fingerprint density at radius 3 is 2.08 bits per heavy atom. The molecule has 1 fully saturated rings. The zero-order chi connectivity index (χ0) is 42.5. The summed E-state index contributed by atoms with van der Waals surface area (Å²) < 4.78 is 43.0. The molecule has 5 rings (SSSR count). The maximum absolute atomic E-state index is 13.4. The van der Waals surface area contributed by atoms with E-state index in [1.165, 1.54) is 10.8 Å². The Kier molecular flexibility index (Phi) is 17.1. The van der Waals surface area contributed by atoms with Crippen LogP contribution in [0, 0.1) is 18.3 Å². The highest BCUT2D eigenvalue weighted by molar-refractivity contribution is 9.09. The SMILES string of the molecule is COc1ccc(C(O[C@@H](C/C=C/CCBr)[C@H]2O[C@@H](n3cc(C)c(=O)[nH]c3=O)C[C@@H]2OP(OCCC#N)N(C(C)C)C(C)C)(c2ccccc2)c2ccc(OC)cc2)cc1. The first-order valence-corrected chi connectivity index (χ1v) is 22.2. The van der Waals surface area contributed by atoms with Gasteiger partial charge in [-0.25, -0.2) is 9.46 Å². The molecular formula is C45H56BrN4O8P. The van der Waals surface area contributed by atoms with Crippen molar-refractivity contribution in [3.8, 4) is 17.6 Å². The molecule has 1 aromatic heterocycles. The summed E-state index contributed by atoms with van der Waals surface area (Å²) in [5.74, 6) is 1.39. The highest BCUT2D eigenvalue weighted by Crippen LogP contribution is 2.52. The number of H-pyrrole nitrogens is 1. The summed E-state index contributed by atoms with van der Waals surface area (Å²) in [7, 11) is 1.54. The molecule has 0 radical (unpaired) electrons. The van der Waals surface area contributed by atoms with Gasteiger partial charge in [0.1, 0.15) is 29.4 Å². The Morgan fingerprint density at radius 1 is 0.949 bits per heavy atom. The number of nitrogens with zero attached hydrogens (tertiary/aromatic N) is 3. The van der Waals surface area contributed by atoms with Crippen molar-refractivity contribution in [2.75, 3.05) is 26.2 Å². The molecule has 1 aliphatic heterocycles. The number of rotatable bonds is 21. The van der Waals surface area contributed by atoms with Crippen LogP contribution in [0.1, 0.15) is 81.9 Å². The van der Waals surface area contributed by atoms with Crippen LogP contribution in [0.15, 0.2) is 107 Å². The summed E-state index contributed by atoms with van der Waals surface area (Å²) in [4.78, 5) is 28.4. The van der Waals surface area contributed by atoms with Crippen molar-refractivity contribution in [2.24, 2.45) is 0 Å². The second-order valence-electron chi connectivity index (χ2n) is 14.8. The summed E-state index contributed by atoms with van der Waals surface area (Å²) in [6, 6.07) is 28.0. The Hall–Kier alpha value is -4.12. The van der Waals surface area contributed by atoms with E-state index >= 15 is 0 Å². The largest absolute Gasteiger partial charge is 0.497 e. The molecule has 1 unspecified atom stereocenters. The maximum Gasteiger partial charge on any atom is 0.330 e. The Balaban J connectivity index is 1.74. The van der Waals surface area contributed by atoms with E-state index in [0.717, 1.165) is 28.4 Å². The zero-order valence-corrected chi connectivity index (χ0v) is 37.4. The molecule has 59 heavy (non-hydrogen) atoms. The number of aryl methyl sites for hydroxylation is 1. The van der Waals surface area contributed by atoms with Gasteiger partial charge in [0.15, 0.2) is 0 Å². The van der Waals surface area contributed by atoms with Crippen LogP contribution in [0.3, 0.4) is 0 Å². The molecule has 316 valence electrons. The third kappa shape index (κ3) is 11.2. The molecule has 0 bridgehead atoms. The minimum Gasteiger partial charge on any atom is -0.497 e. The third-order valence-electron chi connectivity index (χ3n) is 10.1. The van der Waals surface area contributed by atoms with E-state index < -0.39 is 49.9 Å². The quantitative estimate of drug-likeness (QED) is 0.0284. The van der Waals surface area contributed by atoms with E-state index in [0.29, 0.717) is 23.5 Å². The van der Waals surface area contributed by atoms with Crippen molar-refractivity contribution in [1.82, 2.24) is 14.2 Å². The molecule has 12 nitrogen and oxygen atoms in total. The lowest BCUT2D eigenvalue weighted by molar-refractivity contribution is -0.141. The Morgan fingerprint density at radius 2 is 1.54 bits per heavy atom. The van der Waals surface area contributed by atoms with Gasteiger partial charge in [-0.15, -0.1) is 0 Å². The molecule has 4 aromatic rings. The fourth-order valence-electron chi connectivity index (χ4n) is 7.39. The fraction of sp³-hybridized carbons (Fsp3) is 0.444. The van der Waals surface area contributed by atoms with Crippen LogP contribution in [0.25, 0.3) is 0 Å². The van der Waals surface area contributed by atoms with Gasteiger partial charge in [-0.1, -0.05) is 82.7 Å². The van der Waals surface area contributed by atoms with Crippen molar-refractivity contribution in [3.63, 3.8) is 0 Å². The average Bonchev–Trinajstić information content (AvgIpc) is 3.65. The van der Waals surface area contributed by atoms with E-state index in [1.54, 1.807) is 21.1 Å². The van der Waals surface area contributed by atoms with Crippen molar-refractivity contribution >= 4 is 24.5 Å². The molecule has 0 spiro atoms. The van der Waals surface area contributed by atoms with Gasteiger partial charge in [0.05, 0.1) is 45.5 Å². The molecule has 5 atom stereocenters. The number of benzene rings is 3. The van der Waals surface area contributed by atoms with Gasteiger partial charge in [-0.2, -0.15) is 5.26 Å². The van der Waals surface area contributed by atoms with Gasteiger partial charge < -0.3 is 28.0 Å². The number of allylic oxidation sites excluding steroid dienone is 1. The van der Waals surface area contributed by atoms with Gasteiger partial charge in [0, 0.05) is 35.6 Å². The van der Waals surface area contributed by atoms with Crippen LogP contribution in [-0.4, -0.2) is 70.8 Å². The molecule has 14 heteroatoms. The van der Waals surface area contributed by atoms with Gasteiger partial charge in [0.25, 0.3) is 14.1 Å². The van der Waals surface area contributed by atoms with Crippen LogP contribution in [0.4, 0.5) is 0 Å². The van der Waals surface area contributed by atoms with Gasteiger partial charge in [-0.3, -0.25) is 14.3 Å². The highest BCUT2D eigenvalue weighted by Gasteiger charge is 2.49. The summed E-state index contributed by atoms with van der Waals surface area (Å²) in [6.07, 6.45) is 4.43. The first-order valence-electron chi connectivity index (χ1n) is 19.9. The molecule has 0 saturated carbocycles. The molecule has 1 N–H and O–H groups in total. The number of halogens is 1. The van der Waals surface area contributed by atoms with Crippen molar-refractivity contribution in [1.29, 1.82) is 5.26 Å². The smallest absolute Gasteiger partial charge is 0.330 e. The first kappa shape index (κ1) is 46.0. The minimum absolute atomic E-state index is 0.0411.